The number of benzene rings is 1. The molecule has 0 amide bonds. The van der Waals surface area contributed by atoms with Gasteiger partial charge in [-0.2, -0.15) is 15.2 Å². The Labute approximate surface area is 230 Å². The maximum atomic E-state index is 13.5. The number of fused-ring (bicyclic) bond motifs is 2. The molecule has 2 aliphatic carbocycles. The van der Waals surface area contributed by atoms with Gasteiger partial charge in [0, 0.05) is 44.0 Å². The number of rotatable bonds is 4. The lowest BCUT2D eigenvalue weighted by Gasteiger charge is -2.42. The smallest absolute Gasteiger partial charge is 0.263 e. The van der Waals surface area contributed by atoms with Crippen molar-refractivity contribution >= 4 is 17.0 Å². The second-order valence-electron chi connectivity index (χ2n) is 11.8. The average Bonchev–Trinajstić information content (AvgIpc) is 3.33. The molecule has 5 aromatic rings. The molecule has 4 N–H and O–H groups in total. The summed E-state index contributed by atoms with van der Waals surface area (Å²) in [4.78, 5) is 28.2. The van der Waals surface area contributed by atoms with Crippen LogP contribution in [0.3, 0.4) is 0 Å². The van der Waals surface area contributed by atoms with Gasteiger partial charge in [0.2, 0.25) is 5.95 Å². The number of anilines is 1. The molecule has 0 bridgehead atoms. The standard InChI is InChI=1S/C30H31N9O/c1-38-13-7-21(37-38)22-16-19(6-12-32-22)30(8-9-30)25-23-26(36-35-25)33-28(34-27(23)40)39-14-10-29(11-15-39)17-18-4-2-3-5-20(18)24(29)31/h2-7,12-13,16,24H,8-11,14-15,17,31H2,1H3,(H2,33,34,35,36,40)/t24-/m1/s1. The molecule has 1 saturated carbocycles. The van der Waals surface area contributed by atoms with Gasteiger partial charge in [0.15, 0.2) is 5.65 Å². The number of aromatic nitrogens is 7. The van der Waals surface area contributed by atoms with Crippen LogP contribution < -0.4 is 16.2 Å². The van der Waals surface area contributed by atoms with Crippen LogP contribution in [0.2, 0.25) is 0 Å². The molecule has 1 spiro atoms. The van der Waals surface area contributed by atoms with Gasteiger partial charge in [0.05, 0.1) is 11.4 Å². The van der Waals surface area contributed by atoms with Gasteiger partial charge < -0.3 is 10.6 Å². The number of hydrogen-bond acceptors (Lipinski definition) is 7. The number of nitrogens with one attached hydrogen (secondary N) is 2. The molecule has 2 fully saturated rings. The Morgan fingerprint density at radius 1 is 1.05 bits per heavy atom. The van der Waals surface area contributed by atoms with E-state index in [0.29, 0.717) is 17.0 Å². The number of H-pyrrole nitrogens is 2. The number of aryl methyl sites for hydroxylation is 1. The summed E-state index contributed by atoms with van der Waals surface area (Å²) in [6.45, 7) is 1.60. The Hall–Kier alpha value is -4.31. The first kappa shape index (κ1) is 23.6. The van der Waals surface area contributed by atoms with E-state index in [0.717, 1.165) is 67.8 Å². The first-order valence-electron chi connectivity index (χ1n) is 14.0. The lowest BCUT2D eigenvalue weighted by molar-refractivity contribution is 0.187. The minimum Gasteiger partial charge on any atom is -0.342 e. The molecule has 0 unspecified atom stereocenters. The van der Waals surface area contributed by atoms with Crippen LogP contribution in [0.25, 0.3) is 22.4 Å². The van der Waals surface area contributed by atoms with Crippen LogP contribution in [0.15, 0.2) is 59.7 Å². The van der Waals surface area contributed by atoms with Crippen molar-refractivity contribution < 1.29 is 0 Å². The predicted molar refractivity (Wildman–Crippen MR) is 152 cm³/mol. The Kier molecular flexibility index (Phi) is 4.92. The molecule has 202 valence electrons. The number of nitrogens with two attached hydrogens (primary N) is 1. The molecule has 1 saturated heterocycles. The molecule has 1 aliphatic heterocycles. The van der Waals surface area contributed by atoms with Crippen LogP contribution in [0.5, 0.6) is 0 Å². The van der Waals surface area contributed by atoms with Crippen molar-refractivity contribution in [2.45, 2.75) is 43.6 Å². The molecule has 3 aliphatic rings. The highest BCUT2D eigenvalue weighted by molar-refractivity contribution is 5.80. The minimum atomic E-state index is -0.327. The van der Waals surface area contributed by atoms with Gasteiger partial charge in [-0.15, -0.1) is 0 Å². The predicted octanol–water partition coefficient (Wildman–Crippen LogP) is 3.36. The van der Waals surface area contributed by atoms with Gasteiger partial charge in [-0.05, 0) is 72.4 Å². The minimum absolute atomic E-state index is 0.0524. The van der Waals surface area contributed by atoms with E-state index >= 15 is 0 Å². The van der Waals surface area contributed by atoms with Gasteiger partial charge >= 0.3 is 0 Å². The van der Waals surface area contributed by atoms with Crippen LogP contribution in [0.1, 0.15) is 54.1 Å². The molecule has 10 heteroatoms. The normalized spacial score (nSPS) is 20.8. The second-order valence-corrected chi connectivity index (χ2v) is 11.8. The van der Waals surface area contributed by atoms with E-state index in [9.17, 15) is 4.79 Å². The summed E-state index contributed by atoms with van der Waals surface area (Å²) in [7, 11) is 1.89. The molecular formula is C30H31N9O. The molecule has 8 rings (SSSR count). The van der Waals surface area contributed by atoms with Crippen molar-refractivity contribution in [3.05, 3.63) is 87.6 Å². The first-order valence-corrected chi connectivity index (χ1v) is 14.0. The monoisotopic (exact) mass is 533 g/mol. The third-order valence-corrected chi connectivity index (χ3v) is 9.56. The topological polar surface area (TPSA) is 134 Å². The quantitative estimate of drug-likeness (QED) is 0.322. The summed E-state index contributed by atoms with van der Waals surface area (Å²) >= 11 is 0. The van der Waals surface area contributed by atoms with Crippen molar-refractivity contribution in [1.82, 2.24) is 34.9 Å². The lowest BCUT2D eigenvalue weighted by Crippen LogP contribution is -2.45. The number of pyridine rings is 1. The highest BCUT2D eigenvalue weighted by Gasteiger charge is 2.50. The van der Waals surface area contributed by atoms with Crippen LogP contribution in [0.4, 0.5) is 5.95 Å². The Bertz CT molecular complexity index is 1820. The molecule has 1 atom stereocenters. The summed E-state index contributed by atoms with van der Waals surface area (Å²) in [5.41, 5.74) is 13.0. The van der Waals surface area contributed by atoms with Gasteiger partial charge in [-0.25, -0.2) is 0 Å². The van der Waals surface area contributed by atoms with Crippen molar-refractivity contribution in [3.63, 3.8) is 0 Å². The summed E-state index contributed by atoms with van der Waals surface area (Å²) in [5.74, 6) is 0.595. The summed E-state index contributed by atoms with van der Waals surface area (Å²) in [5, 5.41) is 12.8. The van der Waals surface area contributed by atoms with Crippen molar-refractivity contribution in [3.8, 4) is 11.4 Å². The molecule has 1 aromatic carbocycles. The van der Waals surface area contributed by atoms with Crippen molar-refractivity contribution in [2.75, 3.05) is 18.0 Å². The zero-order valence-electron chi connectivity index (χ0n) is 22.4. The van der Waals surface area contributed by atoms with Gasteiger partial charge in [0.1, 0.15) is 11.1 Å². The summed E-state index contributed by atoms with van der Waals surface area (Å²) in [6, 6.07) is 14.6. The van der Waals surface area contributed by atoms with Gasteiger partial charge in [-0.1, -0.05) is 24.3 Å². The van der Waals surface area contributed by atoms with Crippen LogP contribution in [-0.4, -0.2) is 48.0 Å². The molecule has 10 nitrogen and oxygen atoms in total. The average molecular weight is 534 g/mol. The Balaban J connectivity index is 1.08. The van der Waals surface area contributed by atoms with E-state index in [-0.39, 0.29) is 22.4 Å². The van der Waals surface area contributed by atoms with E-state index in [1.807, 2.05) is 31.6 Å². The van der Waals surface area contributed by atoms with Crippen LogP contribution >= 0.6 is 0 Å². The third kappa shape index (κ3) is 3.41. The maximum absolute atomic E-state index is 13.5. The number of piperidine rings is 1. The zero-order chi connectivity index (χ0) is 27.1. The Morgan fingerprint density at radius 3 is 2.62 bits per heavy atom. The summed E-state index contributed by atoms with van der Waals surface area (Å²) < 4.78 is 1.77. The van der Waals surface area contributed by atoms with Gasteiger partial charge in [-0.3, -0.25) is 24.5 Å². The molecule has 5 heterocycles. The zero-order valence-corrected chi connectivity index (χ0v) is 22.4. The largest absolute Gasteiger partial charge is 0.342 e. The van der Waals surface area contributed by atoms with Crippen molar-refractivity contribution in [1.29, 1.82) is 0 Å². The fourth-order valence-electron chi connectivity index (χ4n) is 7.10. The first-order chi connectivity index (χ1) is 19.5. The highest BCUT2D eigenvalue weighted by atomic mass is 16.1. The van der Waals surface area contributed by atoms with E-state index in [1.54, 1.807) is 4.68 Å². The van der Waals surface area contributed by atoms with Crippen molar-refractivity contribution in [2.24, 2.45) is 18.2 Å². The summed E-state index contributed by atoms with van der Waals surface area (Å²) in [6.07, 6.45) is 8.49. The molecule has 40 heavy (non-hydrogen) atoms. The van der Waals surface area contributed by atoms with E-state index < -0.39 is 0 Å². The van der Waals surface area contributed by atoms with Crippen LogP contribution in [-0.2, 0) is 18.9 Å². The van der Waals surface area contributed by atoms with Gasteiger partial charge in [0.25, 0.3) is 5.56 Å². The lowest BCUT2D eigenvalue weighted by atomic mass is 9.73. The maximum Gasteiger partial charge on any atom is 0.263 e. The number of aromatic amines is 2. The van der Waals surface area contributed by atoms with E-state index in [2.05, 4.69) is 60.5 Å². The molecule has 0 radical (unpaired) electrons. The Morgan fingerprint density at radius 2 is 1.88 bits per heavy atom. The SMILES string of the molecule is Cn1ccc(-c2cc(C3(c4n[nH]c5nc(N6CCC7(CC6)Cc6ccccc6[C@H]7N)[nH]c(=O)c45)CC3)ccn2)n1. The van der Waals surface area contributed by atoms with E-state index in [1.165, 1.54) is 11.1 Å². The van der Waals surface area contributed by atoms with Crippen LogP contribution in [0, 0.1) is 5.41 Å². The number of nitrogens with zero attached hydrogens (tertiary/aromatic N) is 6. The molecule has 4 aromatic heterocycles. The van der Waals surface area contributed by atoms with E-state index in [4.69, 9.17) is 10.7 Å². The fourth-order valence-corrected chi connectivity index (χ4v) is 7.10. The fraction of sp³-hybridized carbons (Fsp3) is 0.367. The molecular weight excluding hydrogens is 502 g/mol. The highest BCUT2D eigenvalue weighted by Crippen LogP contribution is 2.54. The number of hydrogen-bond donors (Lipinski definition) is 3. The second kappa shape index (κ2) is 8.34. The third-order valence-electron chi connectivity index (χ3n) is 9.56.